The van der Waals surface area contributed by atoms with Gasteiger partial charge in [0.1, 0.15) is 6.29 Å². The number of carbonyl (C=O) groups is 2. The quantitative estimate of drug-likeness (QED) is 0.553. The van der Waals surface area contributed by atoms with Crippen LogP contribution in [0.2, 0.25) is 0 Å². The first-order valence-electron chi connectivity index (χ1n) is 5.15. The van der Waals surface area contributed by atoms with Crippen LogP contribution in [0.4, 0.5) is 0 Å². The van der Waals surface area contributed by atoms with Gasteiger partial charge in [0, 0.05) is 6.42 Å². The number of aldehydes is 1. The molecule has 0 fully saturated rings. The summed E-state index contributed by atoms with van der Waals surface area (Å²) in [5.41, 5.74) is 0.753. The molecular formula is C12H15NO4. The number of hydroxylamine groups is 2. The molecule has 0 saturated carbocycles. The zero-order valence-corrected chi connectivity index (χ0v) is 9.83. The van der Waals surface area contributed by atoms with Gasteiger partial charge in [-0.05, 0) is 5.56 Å². The molecule has 17 heavy (non-hydrogen) atoms. The van der Waals surface area contributed by atoms with Gasteiger partial charge in [-0.2, -0.15) is 0 Å². The van der Waals surface area contributed by atoms with Gasteiger partial charge in [-0.3, -0.25) is 4.79 Å². The maximum Gasteiger partial charge on any atom is 0.281 e. The number of carbonyl (C=O) groups excluding carboxylic acids is 2. The highest BCUT2D eigenvalue weighted by Crippen LogP contribution is 2.21. The van der Waals surface area contributed by atoms with Gasteiger partial charge in [0.05, 0.1) is 20.1 Å². The predicted molar refractivity (Wildman–Crippen MR) is 60.7 cm³/mol. The third-order valence-corrected chi connectivity index (χ3v) is 2.34. The van der Waals surface area contributed by atoms with Crippen molar-refractivity contribution in [1.29, 1.82) is 0 Å². The second kappa shape index (κ2) is 6.78. The summed E-state index contributed by atoms with van der Waals surface area (Å²) >= 11 is 0. The van der Waals surface area contributed by atoms with E-state index in [1.807, 2.05) is 18.2 Å². The Morgan fingerprint density at radius 1 is 1.29 bits per heavy atom. The Bertz CT molecular complexity index is 362. The highest BCUT2D eigenvalue weighted by atomic mass is 16.9. The molecule has 0 aromatic heterocycles. The zero-order chi connectivity index (χ0) is 12.7. The van der Waals surface area contributed by atoms with Crippen LogP contribution in [0.5, 0.6) is 0 Å². The van der Waals surface area contributed by atoms with E-state index in [-0.39, 0.29) is 6.42 Å². The Morgan fingerprint density at radius 2 is 1.88 bits per heavy atom. The van der Waals surface area contributed by atoms with Crippen LogP contribution in [0.25, 0.3) is 0 Å². The summed E-state index contributed by atoms with van der Waals surface area (Å²) in [6.07, 6.45) is 0.797. The molecule has 1 amide bonds. The van der Waals surface area contributed by atoms with E-state index < -0.39 is 11.8 Å². The Morgan fingerprint density at radius 3 is 2.35 bits per heavy atom. The molecule has 1 aromatic carbocycles. The zero-order valence-electron chi connectivity index (χ0n) is 9.83. The lowest BCUT2D eigenvalue weighted by molar-refractivity contribution is -0.318. The van der Waals surface area contributed by atoms with Crippen molar-refractivity contribution in [2.24, 2.45) is 0 Å². The van der Waals surface area contributed by atoms with Crippen LogP contribution >= 0.6 is 0 Å². The van der Waals surface area contributed by atoms with Gasteiger partial charge in [0.15, 0.2) is 0 Å². The normalized spacial score (nSPS) is 11.9. The smallest absolute Gasteiger partial charge is 0.281 e. The third-order valence-electron chi connectivity index (χ3n) is 2.34. The molecular weight excluding hydrogens is 222 g/mol. The molecule has 92 valence electrons. The van der Waals surface area contributed by atoms with E-state index in [0.717, 1.165) is 10.8 Å². The van der Waals surface area contributed by atoms with Crippen molar-refractivity contribution < 1.29 is 19.3 Å². The van der Waals surface area contributed by atoms with E-state index in [2.05, 4.69) is 0 Å². The van der Waals surface area contributed by atoms with Crippen LogP contribution in [0.3, 0.4) is 0 Å². The minimum atomic E-state index is -0.589. The molecule has 0 spiro atoms. The van der Waals surface area contributed by atoms with E-state index in [1.165, 1.54) is 14.2 Å². The molecule has 0 saturated heterocycles. The molecule has 1 aromatic rings. The minimum Gasteiger partial charge on any atom is -0.303 e. The molecule has 0 heterocycles. The molecule has 0 N–H and O–H groups in total. The molecule has 5 heteroatoms. The Kier molecular flexibility index (Phi) is 5.32. The van der Waals surface area contributed by atoms with Gasteiger partial charge < -0.3 is 4.79 Å². The first kappa shape index (κ1) is 13.3. The first-order valence-corrected chi connectivity index (χ1v) is 5.15. The van der Waals surface area contributed by atoms with Crippen LogP contribution in [0.1, 0.15) is 17.9 Å². The lowest BCUT2D eigenvalue weighted by atomic mass is 9.96. The molecule has 0 radical (unpaired) electrons. The van der Waals surface area contributed by atoms with E-state index in [1.54, 1.807) is 12.1 Å². The SMILES string of the molecule is CON(OC)C(=O)C(CC=O)c1ccccc1. The highest BCUT2D eigenvalue weighted by Gasteiger charge is 2.26. The number of amides is 1. The van der Waals surface area contributed by atoms with E-state index >= 15 is 0 Å². The molecule has 1 atom stereocenters. The molecule has 0 aliphatic rings. The van der Waals surface area contributed by atoms with Crippen molar-refractivity contribution in [3.63, 3.8) is 0 Å². The fourth-order valence-corrected chi connectivity index (χ4v) is 1.54. The molecule has 1 unspecified atom stereocenters. The van der Waals surface area contributed by atoms with Gasteiger partial charge in [-0.25, -0.2) is 9.68 Å². The predicted octanol–water partition coefficient (Wildman–Crippen LogP) is 1.31. The van der Waals surface area contributed by atoms with Crippen molar-refractivity contribution >= 4 is 12.2 Å². The average Bonchev–Trinajstić information content (AvgIpc) is 2.38. The largest absolute Gasteiger partial charge is 0.303 e. The lowest BCUT2D eigenvalue weighted by Crippen LogP contribution is -2.33. The number of hydrogen-bond acceptors (Lipinski definition) is 4. The summed E-state index contributed by atoms with van der Waals surface area (Å²) < 4.78 is 0. The third kappa shape index (κ3) is 3.37. The van der Waals surface area contributed by atoms with Crippen molar-refractivity contribution in [3.8, 4) is 0 Å². The minimum absolute atomic E-state index is 0.0894. The summed E-state index contributed by atoms with van der Waals surface area (Å²) in [5, 5.41) is 0.765. The number of hydrogen-bond donors (Lipinski definition) is 0. The number of nitrogens with zero attached hydrogens (tertiary/aromatic N) is 1. The summed E-state index contributed by atoms with van der Waals surface area (Å²) in [6, 6.07) is 9.04. The fourth-order valence-electron chi connectivity index (χ4n) is 1.54. The van der Waals surface area contributed by atoms with Crippen LogP contribution in [0.15, 0.2) is 30.3 Å². The highest BCUT2D eigenvalue weighted by molar-refractivity contribution is 5.84. The summed E-state index contributed by atoms with van der Waals surface area (Å²) in [7, 11) is 2.65. The lowest BCUT2D eigenvalue weighted by Gasteiger charge is -2.21. The molecule has 0 aliphatic carbocycles. The Labute approximate surface area is 99.8 Å². The second-order valence-corrected chi connectivity index (χ2v) is 3.33. The first-order chi connectivity index (χ1) is 8.24. The molecule has 0 bridgehead atoms. The molecule has 1 rings (SSSR count). The summed E-state index contributed by atoms with van der Waals surface area (Å²) in [4.78, 5) is 32.2. The van der Waals surface area contributed by atoms with Crippen molar-refractivity contribution in [3.05, 3.63) is 35.9 Å². The Hall–Kier alpha value is -1.72. The monoisotopic (exact) mass is 237 g/mol. The summed E-state index contributed by atoms with van der Waals surface area (Å²) in [5.74, 6) is -0.998. The van der Waals surface area contributed by atoms with Gasteiger partial charge in [-0.1, -0.05) is 35.6 Å². The van der Waals surface area contributed by atoms with Crippen LogP contribution in [-0.4, -0.2) is 31.6 Å². The van der Waals surface area contributed by atoms with Crippen molar-refractivity contribution in [2.75, 3.05) is 14.2 Å². The van der Waals surface area contributed by atoms with Crippen LogP contribution < -0.4 is 0 Å². The van der Waals surface area contributed by atoms with E-state index in [9.17, 15) is 9.59 Å². The van der Waals surface area contributed by atoms with Crippen molar-refractivity contribution in [1.82, 2.24) is 5.23 Å². The van der Waals surface area contributed by atoms with Crippen LogP contribution in [0, 0.1) is 0 Å². The molecule has 5 nitrogen and oxygen atoms in total. The maximum atomic E-state index is 12.0. The number of benzene rings is 1. The standard InChI is InChI=1S/C12H15NO4/c1-16-13(17-2)12(15)11(8-9-14)10-6-4-3-5-7-10/h3-7,9,11H,8H2,1-2H3. The maximum absolute atomic E-state index is 12.0. The van der Waals surface area contributed by atoms with Crippen LogP contribution in [-0.2, 0) is 19.3 Å². The van der Waals surface area contributed by atoms with Gasteiger partial charge in [-0.15, -0.1) is 0 Å². The van der Waals surface area contributed by atoms with Gasteiger partial charge in [0.2, 0.25) is 0 Å². The summed E-state index contributed by atoms with van der Waals surface area (Å²) in [6.45, 7) is 0. The second-order valence-electron chi connectivity index (χ2n) is 3.33. The fraction of sp³-hybridized carbons (Fsp3) is 0.333. The van der Waals surface area contributed by atoms with Crippen molar-refractivity contribution in [2.45, 2.75) is 12.3 Å². The van der Waals surface area contributed by atoms with E-state index in [0.29, 0.717) is 6.29 Å². The van der Waals surface area contributed by atoms with Gasteiger partial charge >= 0.3 is 0 Å². The molecule has 0 aliphatic heterocycles. The Balaban J connectivity index is 2.93. The number of rotatable bonds is 6. The van der Waals surface area contributed by atoms with E-state index in [4.69, 9.17) is 9.68 Å². The van der Waals surface area contributed by atoms with Gasteiger partial charge in [0.25, 0.3) is 5.91 Å². The topological polar surface area (TPSA) is 55.8 Å². The average molecular weight is 237 g/mol.